The molecule has 1 saturated heterocycles. The minimum Gasteiger partial charge on any atom is -0.338 e. The van der Waals surface area contributed by atoms with E-state index in [1.807, 2.05) is 24.0 Å². The number of carbonyl (C=O) groups is 1. The van der Waals surface area contributed by atoms with Gasteiger partial charge in [0.2, 0.25) is 0 Å². The average molecular weight is 355 g/mol. The highest BCUT2D eigenvalue weighted by atomic mass is 16.5. The SMILES string of the molecule is CCNC(=O)N1CCCC(CC2CC2)(c2noc(-c3ccncc3)n2)C1. The van der Waals surface area contributed by atoms with E-state index in [9.17, 15) is 4.79 Å². The molecule has 7 nitrogen and oxygen atoms in total. The molecule has 0 bridgehead atoms. The highest BCUT2D eigenvalue weighted by molar-refractivity contribution is 5.74. The predicted molar refractivity (Wildman–Crippen MR) is 96.4 cm³/mol. The van der Waals surface area contributed by atoms with Crippen LogP contribution in [0.25, 0.3) is 11.5 Å². The van der Waals surface area contributed by atoms with Crippen LogP contribution < -0.4 is 5.32 Å². The summed E-state index contributed by atoms with van der Waals surface area (Å²) in [6.45, 7) is 4.02. The van der Waals surface area contributed by atoms with Crippen molar-refractivity contribution in [1.29, 1.82) is 0 Å². The maximum atomic E-state index is 12.4. The second-order valence-electron chi connectivity index (χ2n) is 7.45. The molecule has 1 unspecified atom stereocenters. The van der Waals surface area contributed by atoms with Crippen molar-refractivity contribution in [2.75, 3.05) is 19.6 Å². The van der Waals surface area contributed by atoms with E-state index < -0.39 is 0 Å². The van der Waals surface area contributed by atoms with Crippen LogP contribution in [0.5, 0.6) is 0 Å². The number of rotatable bonds is 5. The quantitative estimate of drug-likeness (QED) is 0.891. The molecule has 0 spiro atoms. The summed E-state index contributed by atoms with van der Waals surface area (Å²) >= 11 is 0. The second-order valence-corrected chi connectivity index (χ2v) is 7.45. The molecule has 1 N–H and O–H groups in total. The van der Waals surface area contributed by atoms with E-state index in [0.29, 0.717) is 24.9 Å². The van der Waals surface area contributed by atoms with Crippen LogP contribution in [0.15, 0.2) is 29.0 Å². The molecule has 138 valence electrons. The first kappa shape index (κ1) is 17.0. The first-order chi connectivity index (χ1) is 12.7. The zero-order chi connectivity index (χ0) is 18.0. The van der Waals surface area contributed by atoms with Gasteiger partial charge in [-0.2, -0.15) is 4.98 Å². The van der Waals surface area contributed by atoms with Gasteiger partial charge in [0.15, 0.2) is 5.82 Å². The fourth-order valence-electron chi connectivity index (χ4n) is 3.93. The zero-order valence-corrected chi connectivity index (χ0v) is 15.1. The highest BCUT2D eigenvalue weighted by Crippen LogP contribution is 2.45. The third-order valence-electron chi connectivity index (χ3n) is 5.40. The van der Waals surface area contributed by atoms with Crippen molar-refractivity contribution in [3.63, 3.8) is 0 Å². The molecule has 0 radical (unpaired) electrons. The molecule has 1 aliphatic heterocycles. The highest BCUT2D eigenvalue weighted by Gasteiger charge is 2.45. The number of urea groups is 1. The van der Waals surface area contributed by atoms with Gasteiger partial charge in [-0.15, -0.1) is 0 Å². The molecule has 2 fully saturated rings. The number of piperidine rings is 1. The Balaban J connectivity index is 1.62. The minimum absolute atomic E-state index is 0.00484. The van der Waals surface area contributed by atoms with Gasteiger partial charge < -0.3 is 14.7 Å². The monoisotopic (exact) mass is 355 g/mol. The average Bonchev–Trinajstić information content (AvgIpc) is 3.33. The summed E-state index contributed by atoms with van der Waals surface area (Å²) in [5, 5.41) is 7.26. The van der Waals surface area contributed by atoms with Gasteiger partial charge in [-0.1, -0.05) is 18.0 Å². The van der Waals surface area contributed by atoms with E-state index in [2.05, 4.69) is 15.5 Å². The molecule has 3 heterocycles. The molecule has 1 atom stereocenters. The van der Waals surface area contributed by atoms with Gasteiger partial charge in [-0.05, 0) is 44.2 Å². The van der Waals surface area contributed by atoms with Crippen molar-refractivity contribution in [1.82, 2.24) is 25.3 Å². The molecule has 2 amide bonds. The van der Waals surface area contributed by atoms with Crippen molar-refractivity contribution in [2.24, 2.45) is 5.92 Å². The molecule has 1 saturated carbocycles. The van der Waals surface area contributed by atoms with Crippen molar-refractivity contribution in [3.8, 4) is 11.5 Å². The standard InChI is InChI=1S/C19H25N5O2/c1-2-21-18(25)24-11-3-8-19(13-24,12-14-4-5-14)17-22-16(26-23-17)15-6-9-20-10-7-15/h6-7,9-10,14H,2-5,8,11-13H2,1H3,(H,21,25). The predicted octanol–water partition coefficient (Wildman–Crippen LogP) is 2.99. The molecule has 2 aromatic heterocycles. The number of aromatic nitrogens is 3. The maximum absolute atomic E-state index is 12.4. The van der Waals surface area contributed by atoms with E-state index in [1.54, 1.807) is 12.4 Å². The number of carbonyl (C=O) groups excluding carboxylic acids is 1. The molecule has 2 aliphatic rings. The molecule has 2 aromatic rings. The number of amides is 2. The number of hydrogen-bond acceptors (Lipinski definition) is 5. The van der Waals surface area contributed by atoms with Gasteiger partial charge in [0, 0.05) is 37.6 Å². The molecule has 26 heavy (non-hydrogen) atoms. The third kappa shape index (κ3) is 3.43. The van der Waals surface area contributed by atoms with Gasteiger partial charge >= 0.3 is 6.03 Å². The lowest BCUT2D eigenvalue weighted by molar-refractivity contribution is 0.135. The Kier molecular flexibility index (Phi) is 4.61. The van der Waals surface area contributed by atoms with E-state index in [0.717, 1.165) is 37.2 Å². The summed E-state index contributed by atoms with van der Waals surface area (Å²) < 4.78 is 5.57. The van der Waals surface area contributed by atoms with Crippen LogP contribution >= 0.6 is 0 Å². The van der Waals surface area contributed by atoms with Crippen molar-refractivity contribution in [2.45, 2.75) is 44.4 Å². The summed E-state index contributed by atoms with van der Waals surface area (Å²) in [6, 6.07) is 3.74. The number of likely N-dealkylation sites (tertiary alicyclic amines) is 1. The lowest BCUT2D eigenvalue weighted by Crippen LogP contribution is -2.52. The van der Waals surface area contributed by atoms with Crippen molar-refractivity contribution >= 4 is 6.03 Å². The summed E-state index contributed by atoms with van der Waals surface area (Å²) in [5.74, 6) is 1.98. The Labute approximate surface area is 153 Å². The second kappa shape index (κ2) is 7.05. The van der Waals surface area contributed by atoms with E-state index >= 15 is 0 Å². The van der Waals surface area contributed by atoms with Gasteiger partial charge in [0.25, 0.3) is 5.89 Å². The van der Waals surface area contributed by atoms with Crippen LogP contribution in [-0.4, -0.2) is 45.7 Å². The Morgan fingerprint density at radius 3 is 2.92 bits per heavy atom. The first-order valence-electron chi connectivity index (χ1n) is 9.47. The Bertz CT molecular complexity index is 758. The normalized spacial score (nSPS) is 23.0. The summed E-state index contributed by atoms with van der Waals surface area (Å²) in [5.41, 5.74) is 0.663. The van der Waals surface area contributed by atoms with Crippen LogP contribution in [-0.2, 0) is 5.41 Å². The molecular formula is C19H25N5O2. The molecule has 7 heteroatoms. The van der Waals surface area contributed by atoms with Gasteiger partial charge in [-0.25, -0.2) is 4.79 Å². The molecule has 4 rings (SSSR count). The number of nitrogens with zero attached hydrogens (tertiary/aromatic N) is 4. The first-order valence-corrected chi connectivity index (χ1v) is 9.47. The minimum atomic E-state index is -0.209. The zero-order valence-electron chi connectivity index (χ0n) is 15.1. The van der Waals surface area contributed by atoms with Crippen LogP contribution in [0.3, 0.4) is 0 Å². The Hall–Kier alpha value is -2.44. The Morgan fingerprint density at radius 1 is 1.38 bits per heavy atom. The van der Waals surface area contributed by atoms with Crippen molar-refractivity contribution in [3.05, 3.63) is 30.4 Å². The smallest absolute Gasteiger partial charge is 0.317 e. The van der Waals surface area contributed by atoms with E-state index in [4.69, 9.17) is 9.51 Å². The van der Waals surface area contributed by atoms with Crippen LogP contribution in [0, 0.1) is 5.92 Å². The van der Waals surface area contributed by atoms with E-state index in [-0.39, 0.29) is 11.4 Å². The van der Waals surface area contributed by atoms with E-state index in [1.165, 1.54) is 12.8 Å². The lowest BCUT2D eigenvalue weighted by atomic mass is 9.75. The summed E-state index contributed by atoms with van der Waals surface area (Å²) in [4.78, 5) is 23.1. The van der Waals surface area contributed by atoms with Gasteiger partial charge in [-0.3, -0.25) is 4.98 Å². The fourth-order valence-corrected chi connectivity index (χ4v) is 3.93. The molecular weight excluding hydrogens is 330 g/mol. The fraction of sp³-hybridized carbons (Fsp3) is 0.579. The number of pyridine rings is 1. The summed E-state index contributed by atoms with van der Waals surface area (Å²) in [6.07, 6.45) is 8.94. The molecule has 1 aliphatic carbocycles. The van der Waals surface area contributed by atoms with Crippen LogP contribution in [0.2, 0.25) is 0 Å². The van der Waals surface area contributed by atoms with Crippen molar-refractivity contribution < 1.29 is 9.32 Å². The summed E-state index contributed by atoms with van der Waals surface area (Å²) in [7, 11) is 0. The third-order valence-corrected chi connectivity index (χ3v) is 5.40. The van der Waals surface area contributed by atoms with Gasteiger partial charge in [0.1, 0.15) is 0 Å². The number of hydrogen-bond donors (Lipinski definition) is 1. The molecule has 0 aromatic carbocycles. The topological polar surface area (TPSA) is 84.2 Å². The lowest BCUT2D eigenvalue weighted by Gasteiger charge is -2.41. The van der Waals surface area contributed by atoms with Crippen LogP contribution in [0.4, 0.5) is 4.79 Å². The largest absolute Gasteiger partial charge is 0.338 e. The van der Waals surface area contributed by atoms with Gasteiger partial charge in [0.05, 0.1) is 5.41 Å². The maximum Gasteiger partial charge on any atom is 0.317 e. The number of nitrogens with one attached hydrogen (secondary N) is 1. The Morgan fingerprint density at radius 2 is 2.19 bits per heavy atom. The van der Waals surface area contributed by atoms with Crippen LogP contribution in [0.1, 0.15) is 44.9 Å².